The van der Waals surface area contributed by atoms with Crippen LogP contribution in [0.2, 0.25) is 5.02 Å². The van der Waals surface area contributed by atoms with Gasteiger partial charge in [-0.05, 0) is 118 Å². The highest BCUT2D eigenvalue weighted by Gasteiger charge is 2.58. The maximum Gasteiger partial charge on any atom is 0.157 e. The van der Waals surface area contributed by atoms with Crippen molar-refractivity contribution >= 4 is 28.4 Å². The molecular formula is C27H36ClN3O2. The fourth-order valence-electron chi connectivity index (χ4n) is 8.92. The van der Waals surface area contributed by atoms with E-state index in [1.807, 2.05) is 25.1 Å². The van der Waals surface area contributed by atoms with Crippen molar-refractivity contribution in [2.75, 3.05) is 0 Å². The van der Waals surface area contributed by atoms with Crippen molar-refractivity contribution in [3.63, 3.8) is 0 Å². The molecule has 5 nitrogen and oxygen atoms in total. The van der Waals surface area contributed by atoms with Crippen LogP contribution in [-0.4, -0.2) is 31.5 Å². The van der Waals surface area contributed by atoms with E-state index in [1.54, 1.807) is 4.68 Å². The highest BCUT2D eigenvalue weighted by molar-refractivity contribution is 6.31. The Kier molecular flexibility index (Phi) is 5.19. The number of carbonyl (C=O) groups excluding carboxylic acids is 1. The molecule has 4 aliphatic rings. The van der Waals surface area contributed by atoms with Crippen LogP contribution in [0.15, 0.2) is 18.2 Å². The third-order valence-electron chi connectivity index (χ3n) is 10.4. The summed E-state index contributed by atoms with van der Waals surface area (Å²) in [6.07, 6.45) is 10.3. The second-order valence-electron chi connectivity index (χ2n) is 12.2. The van der Waals surface area contributed by atoms with Crippen LogP contribution >= 0.6 is 11.6 Å². The van der Waals surface area contributed by atoms with E-state index in [0.29, 0.717) is 22.6 Å². The molecule has 1 heterocycles. The predicted molar refractivity (Wildman–Crippen MR) is 129 cm³/mol. The SMILES string of the molecule is CC1(O)CCC2C(CCC3C2CCC2(C)C(C(=O)Cn4nnc5ccc(Cl)cc54)CCC32)C1. The highest BCUT2D eigenvalue weighted by Crippen LogP contribution is 2.64. The van der Waals surface area contributed by atoms with Crippen LogP contribution in [0.5, 0.6) is 0 Å². The van der Waals surface area contributed by atoms with Gasteiger partial charge in [0, 0.05) is 10.9 Å². The average molecular weight is 470 g/mol. The molecule has 8 unspecified atom stereocenters. The minimum absolute atomic E-state index is 0.110. The maximum atomic E-state index is 13.6. The van der Waals surface area contributed by atoms with E-state index in [1.165, 1.54) is 38.5 Å². The Morgan fingerprint density at radius 2 is 1.91 bits per heavy atom. The minimum atomic E-state index is -0.461. The van der Waals surface area contributed by atoms with E-state index in [9.17, 15) is 9.90 Å². The predicted octanol–water partition coefficient (Wildman–Crippen LogP) is 5.67. The van der Waals surface area contributed by atoms with Crippen LogP contribution in [0.25, 0.3) is 11.0 Å². The van der Waals surface area contributed by atoms with Crippen molar-refractivity contribution in [1.82, 2.24) is 15.0 Å². The molecule has 4 fully saturated rings. The first-order chi connectivity index (χ1) is 15.7. The molecular weight excluding hydrogens is 434 g/mol. The number of carbonyl (C=O) groups is 1. The minimum Gasteiger partial charge on any atom is -0.390 e. The van der Waals surface area contributed by atoms with Gasteiger partial charge in [-0.2, -0.15) is 0 Å². The summed E-state index contributed by atoms with van der Waals surface area (Å²) in [4.78, 5) is 13.6. The summed E-state index contributed by atoms with van der Waals surface area (Å²) in [5.74, 6) is 4.14. The summed E-state index contributed by atoms with van der Waals surface area (Å²) in [5, 5.41) is 19.8. The summed E-state index contributed by atoms with van der Waals surface area (Å²) in [6.45, 7) is 4.74. The lowest BCUT2D eigenvalue weighted by molar-refractivity contribution is -0.133. The number of nitrogens with zero attached hydrogens (tertiary/aromatic N) is 3. The summed E-state index contributed by atoms with van der Waals surface area (Å²) in [6, 6.07) is 5.53. The number of aromatic nitrogens is 3. The number of rotatable bonds is 3. The molecule has 1 N–H and O–H groups in total. The molecule has 4 aliphatic carbocycles. The monoisotopic (exact) mass is 469 g/mol. The van der Waals surface area contributed by atoms with Crippen molar-refractivity contribution in [2.45, 2.75) is 83.8 Å². The number of aliphatic hydroxyl groups is 1. The summed E-state index contributed by atoms with van der Waals surface area (Å²) < 4.78 is 1.74. The lowest BCUT2D eigenvalue weighted by Gasteiger charge is -2.56. The first-order valence-electron chi connectivity index (χ1n) is 13.0. The van der Waals surface area contributed by atoms with Gasteiger partial charge < -0.3 is 5.11 Å². The van der Waals surface area contributed by atoms with Gasteiger partial charge in [0.05, 0.1) is 11.1 Å². The molecule has 0 bridgehead atoms. The Morgan fingerprint density at radius 1 is 1.09 bits per heavy atom. The lowest BCUT2D eigenvalue weighted by Crippen LogP contribution is -2.51. The van der Waals surface area contributed by atoms with Crippen LogP contribution in [0, 0.1) is 40.9 Å². The smallest absolute Gasteiger partial charge is 0.157 e. The first-order valence-corrected chi connectivity index (χ1v) is 13.4. The van der Waals surface area contributed by atoms with Crippen LogP contribution in [0.1, 0.15) is 71.6 Å². The normalized spacial score (nSPS) is 42.5. The number of benzene rings is 1. The zero-order valence-corrected chi connectivity index (χ0v) is 20.6. The zero-order valence-electron chi connectivity index (χ0n) is 19.8. The summed E-state index contributed by atoms with van der Waals surface area (Å²) >= 11 is 6.19. The van der Waals surface area contributed by atoms with E-state index in [0.717, 1.165) is 48.0 Å². The number of ketones is 1. The molecule has 4 saturated carbocycles. The lowest BCUT2D eigenvalue weighted by atomic mass is 9.49. The molecule has 0 aliphatic heterocycles. The second kappa shape index (κ2) is 7.78. The molecule has 6 rings (SSSR count). The third-order valence-corrected chi connectivity index (χ3v) is 10.6. The first kappa shape index (κ1) is 22.0. The number of halogens is 1. The van der Waals surface area contributed by atoms with E-state index in [2.05, 4.69) is 17.2 Å². The number of Topliss-reactive ketones (excluding diaryl/α,β-unsaturated/α-hetero) is 1. The molecule has 1 aromatic heterocycles. The van der Waals surface area contributed by atoms with Gasteiger partial charge in [-0.15, -0.1) is 5.10 Å². The van der Waals surface area contributed by atoms with Crippen LogP contribution in [0.3, 0.4) is 0 Å². The fraction of sp³-hybridized carbons (Fsp3) is 0.741. The van der Waals surface area contributed by atoms with Gasteiger partial charge >= 0.3 is 0 Å². The Bertz CT molecular complexity index is 1080. The van der Waals surface area contributed by atoms with Gasteiger partial charge in [0.1, 0.15) is 12.1 Å². The molecule has 0 saturated heterocycles. The summed E-state index contributed by atoms with van der Waals surface area (Å²) in [5.41, 5.74) is 1.27. The standard InChI is InChI=1S/C27H36ClN3O2/c1-26(33)11-9-18-16(14-26)3-5-20-19(18)10-12-27(2)21(20)6-7-22(27)25(32)15-31-24-13-17(28)4-8-23(24)29-30-31/h4,8,13,16,18-22,33H,3,5-7,9-12,14-15H2,1-2H3. The molecule has 8 atom stereocenters. The second-order valence-corrected chi connectivity index (χ2v) is 12.6. The van der Waals surface area contributed by atoms with Gasteiger partial charge in [0.15, 0.2) is 5.78 Å². The third kappa shape index (κ3) is 3.56. The number of hydrogen-bond donors (Lipinski definition) is 1. The maximum absolute atomic E-state index is 13.6. The van der Waals surface area contributed by atoms with Gasteiger partial charge in [-0.3, -0.25) is 4.79 Å². The molecule has 0 spiro atoms. The Morgan fingerprint density at radius 3 is 2.76 bits per heavy atom. The van der Waals surface area contributed by atoms with E-state index < -0.39 is 5.60 Å². The van der Waals surface area contributed by atoms with Gasteiger partial charge in [0.25, 0.3) is 0 Å². The van der Waals surface area contributed by atoms with E-state index >= 15 is 0 Å². The Labute approximate surface area is 201 Å². The van der Waals surface area contributed by atoms with Crippen molar-refractivity contribution in [3.05, 3.63) is 23.2 Å². The molecule has 1 aromatic carbocycles. The fourth-order valence-corrected chi connectivity index (χ4v) is 9.09. The quantitative estimate of drug-likeness (QED) is 0.628. The topological polar surface area (TPSA) is 68.0 Å². The van der Waals surface area contributed by atoms with Crippen LogP contribution < -0.4 is 0 Å². The van der Waals surface area contributed by atoms with Crippen molar-refractivity contribution < 1.29 is 9.90 Å². The Balaban J connectivity index is 1.20. The number of hydrogen-bond acceptors (Lipinski definition) is 4. The summed E-state index contributed by atoms with van der Waals surface area (Å²) in [7, 11) is 0. The highest BCUT2D eigenvalue weighted by atomic mass is 35.5. The zero-order chi connectivity index (χ0) is 23.0. The molecule has 0 radical (unpaired) electrons. The van der Waals surface area contributed by atoms with Gasteiger partial charge in [0.2, 0.25) is 0 Å². The average Bonchev–Trinajstić information content (AvgIpc) is 3.33. The molecule has 0 amide bonds. The largest absolute Gasteiger partial charge is 0.390 e. The van der Waals surface area contributed by atoms with Crippen molar-refractivity contribution in [3.8, 4) is 0 Å². The number of fused-ring (bicyclic) bond motifs is 6. The van der Waals surface area contributed by atoms with Crippen molar-refractivity contribution in [2.24, 2.45) is 40.9 Å². The van der Waals surface area contributed by atoms with E-state index in [4.69, 9.17) is 11.6 Å². The van der Waals surface area contributed by atoms with Gasteiger partial charge in [-0.1, -0.05) is 23.7 Å². The van der Waals surface area contributed by atoms with Crippen molar-refractivity contribution in [1.29, 1.82) is 0 Å². The Hall–Kier alpha value is -1.46. The molecule has 2 aromatic rings. The molecule has 178 valence electrons. The molecule has 6 heteroatoms. The molecule has 33 heavy (non-hydrogen) atoms. The van der Waals surface area contributed by atoms with E-state index in [-0.39, 0.29) is 17.9 Å². The van der Waals surface area contributed by atoms with Crippen LogP contribution in [-0.2, 0) is 11.3 Å². The van der Waals surface area contributed by atoms with Crippen LogP contribution in [0.4, 0.5) is 0 Å². The van der Waals surface area contributed by atoms with Gasteiger partial charge in [-0.25, -0.2) is 4.68 Å².